The van der Waals surface area contributed by atoms with E-state index in [2.05, 4.69) is 16.7 Å². The number of aryl methyl sites for hydroxylation is 2. The third kappa shape index (κ3) is 11.3. The highest BCUT2D eigenvalue weighted by molar-refractivity contribution is 5.91. The van der Waals surface area contributed by atoms with Gasteiger partial charge in [-0.25, -0.2) is 0 Å². The van der Waals surface area contributed by atoms with Gasteiger partial charge in [-0.1, -0.05) is 42.5 Å². The van der Waals surface area contributed by atoms with Crippen molar-refractivity contribution in [3.05, 3.63) is 71.3 Å². The lowest BCUT2D eigenvalue weighted by molar-refractivity contribution is -0.156. The van der Waals surface area contributed by atoms with E-state index in [1.54, 1.807) is 32.9 Å². The lowest BCUT2D eigenvalue weighted by Crippen LogP contribution is -2.48. The Kier molecular flexibility index (Phi) is 11.0. The molecule has 2 aromatic carbocycles. The number of benzene rings is 2. The van der Waals surface area contributed by atoms with Crippen molar-refractivity contribution < 1.29 is 19.1 Å². The SMILES string of the molecule is CC(C)(C)OC(=O)CC(NC(=O)CCc1ccccc1)C(=O)NCCCCc1ccc(C#N)cc1. The molecule has 0 aliphatic heterocycles. The molecular weight excluding hydrogens is 442 g/mol. The highest BCUT2D eigenvalue weighted by atomic mass is 16.6. The first-order valence-corrected chi connectivity index (χ1v) is 12.0. The van der Waals surface area contributed by atoms with Crippen molar-refractivity contribution in [3.8, 4) is 6.07 Å². The summed E-state index contributed by atoms with van der Waals surface area (Å²) in [6, 6.07) is 18.2. The van der Waals surface area contributed by atoms with Gasteiger partial charge in [0, 0.05) is 13.0 Å². The molecule has 2 rings (SSSR count). The van der Waals surface area contributed by atoms with Crippen molar-refractivity contribution in [1.29, 1.82) is 5.26 Å². The van der Waals surface area contributed by atoms with Gasteiger partial charge < -0.3 is 15.4 Å². The van der Waals surface area contributed by atoms with E-state index in [1.807, 2.05) is 42.5 Å². The van der Waals surface area contributed by atoms with Crippen LogP contribution in [0.5, 0.6) is 0 Å². The minimum Gasteiger partial charge on any atom is -0.460 e. The Morgan fingerprint density at radius 3 is 2.23 bits per heavy atom. The standard InChI is InChI=1S/C28H35N3O4/c1-28(2,3)35-26(33)19-24(31-25(32)17-16-21-9-5-4-6-10-21)27(34)30-18-8-7-11-22-12-14-23(20-29)15-13-22/h4-6,9-10,12-15,24H,7-8,11,16-19H2,1-3H3,(H,30,34)(H,31,32). The molecule has 0 radical (unpaired) electrons. The second kappa shape index (κ2) is 13.9. The third-order valence-electron chi connectivity index (χ3n) is 5.20. The van der Waals surface area contributed by atoms with Crippen molar-refractivity contribution in [2.75, 3.05) is 6.54 Å². The van der Waals surface area contributed by atoms with Crippen LogP contribution in [0.4, 0.5) is 0 Å². The Hall–Kier alpha value is -3.66. The molecule has 0 saturated carbocycles. The molecule has 2 aromatic rings. The summed E-state index contributed by atoms with van der Waals surface area (Å²) < 4.78 is 5.35. The van der Waals surface area contributed by atoms with Crippen molar-refractivity contribution in [2.24, 2.45) is 0 Å². The average molecular weight is 478 g/mol. The zero-order valence-electron chi connectivity index (χ0n) is 20.8. The predicted molar refractivity (Wildman–Crippen MR) is 134 cm³/mol. The molecule has 7 heteroatoms. The average Bonchev–Trinajstić information content (AvgIpc) is 2.82. The normalized spacial score (nSPS) is 11.7. The maximum atomic E-state index is 12.8. The number of esters is 1. The Labute approximate surface area is 207 Å². The summed E-state index contributed by atoms with van der Waals surface area (Å²) in [5.74, 6) is -1.23. The van der Waals surface area contributed by atoms with Crippen LogP contribution in [0, 0.1) is 11.3 Å². The van der Waals surface area contributed by atoms with Gasteiger partial charge >= 0.3 is 5.97 Å². The second-order valence-corrected chi connectivity index (χ2v) is 9.45. The van der Waals surface area contributed by atoms with Gasteiger partial charge in [0.05, 0.1) is 18.1 Å². The summed E-state index contributed by atoms with van der Waals surface area (Å²) >= 11 is 0. The molecule has 0 spiro atoms. The Bertz CT molecular complexity index is 1010. The monoisotopic (exact) mass is 477 g/mol. The van der Waals surface area contributed by atoms with Gasteiger partial charge in [-0.2, -0.15) is 5.26 Å². The fourth-order valence-electron chi connectivity index (χ4n) is 3.46. The Morgan fingerprint density at radius 1 is 0.943 bits per heavy atom. The summed E-state index contributed by atoms with van der Waals surface area (Å²) in [7, 11) is 0. The van der Waals surface area contributed by atoms with Crippen LogP contribution in [-0.2, 0) is 32.0 Å². The molecule has 0 bridgehead atoms. The zero-order chi connectivity index (χ0) is 25.7. The van der Waals surface area contributed by atoms with Crippen LogP contribution in [0.15, 0.2) is 54.6 Å². The molecule has 0 aromatic heterocycles. The summed E-state index contributed by atoms with van der Waals surface area (Å²) in [6.45, 7) is 5.70. The minimum absolute atomic E-state index is 0.215. The lowest BCUT2D eigenvalue weighted by Gasteiger charge is -2.22. The first-order valence-electron chi connectivity index (χ1n) is 12.0. The van der Waals surface area contributed by atoms with Crippen LogP contribution >= 0.6 is 0 Å². The van der Waals surface area contributed by atoms with E-state index in [0.29, 0.717) is 18.5 Å². The first-order chi connectivity index (χ1) is 16.7. The molecule has 0 aliphatic rings. The highest BCUT2D eigenvalue weighted by Crippen LogP contribution is 2.11. The summed E-state index contributed by atoms with van der Waals surface area (Å²) in [6.07, 6.45) is 2.96. The fraction of sp³-hybridized carbons (Fsp3) is 0.429. The molecule has 186 valence electrons. The molecule has 2 amide bonds. The number of nitriles is 1. The van der Waals surface area contributed by atoms with E-state index in [-0.39, 0.29) is 18.7 Å². The lowest BCUT2D eigenvalue weighted by atomic mass is 10.1. The number of carbonyl (C=O) groups is 3. The molecule has 35 heavy (non-hydrogen) atoms. The number of ether oxygens (including phenoxy) is 1. The summed E-state index contributed by atoms with van der Waals surface area (Å²) in [4.78, 5) is 37.6. The number of nitrogens with one attached hydrogen (secondary N) is 2. The van der Waals surface area contributed by atoms with Crippen molar-refractivity contribution in [2.45, 2.75) is 70.9 Å². The Morgan fingerprint density at radius 2 is 1.60 bits per heavy atom. The van der Waals surface area contributed by atoms with E-state index in [4.69, 9.17) is 10.00 Å². The van der Waals surface area contributed by atoms with Crippen molar-refractivity contribution >= 4 is 17.8 Å². The number of nitrogens with zero attached hydrogens (tertiary/aromatic N) is 1. The van der Waals surface area contributed by atoms with Crippen LogP contribution < -0.4 is 10.6 Å². The van der Waals surface area contributed by atoms with E-state index < -0.39 is 23.5 Å². The largest absolute Gasteiger partial charge is 0.460 e. The van der Waals surface area contributed by atoms with Gasteiger partial charge in [0.2, 0.25) is 11.8 Å². The van der Waals surface area contributed by atoms with Gasteiger partial charge in [0.15, 0.2) is 0 Å². The maximum Gasteiger partial charge on any atom is 0.308 e. The van der Waals surface area contributed by atoms with E-state index >= 15 is 0 Å². The number of hydrogen-bond donors (Lipinski definition) is 2. The van der Waals surface area contributed by atoms with Crippen LogP contribution in [-0.4, -0.2) is 36.0 Å². The molecule has 0 heterocycles. The maximum absolute atomic E-state index is 12.8. The molecule has 1 unspecified atom stereocenters. The van der Waals surface area contributed by atoms with E-state index in [1.165, 1.54) is 0 Å². The summed E-state index contributed by atoms with van der Waals surface area (Å²) in [5.41, 5.74) is 2.10. The number of amides is 2. The van der Waals surface area contributed by atoms with E-state index in [0.717, 1.165) is 30.4 Å². The third-order valence-corrected chi connectivity index (χ3v) is 5.20. The number of carbonyl (C=O) groups excluding carboxylic acids is 3. The molecule has 1 atom stereocenters. The van der Waals surface area contributed by atoms with Crippen molar-refractivity contribution in [3.63, 3.8) is 0 Å². The molecule has 7 nitrogen and oxygen atoms in total. The molecule has 0 saturated heterocycles. The van der Waals surface area contributed by atoms with Gasteiger partial charge in [-0.3, -0.25) is 14.4 Å². The molecule has 0 aliphatic carbocycles. The van der Waals surface area contributed by atoms with Crippen LogP contribution in [0.3, 0.4) is 0 Å². The van der Waals surface area contributed by atoms with Gasteiger partial charge in [-0.15, -0.1) is 0 Å². The minimum atomic E-state index is -0.994. The number of hydrogen-bond acceptors (Lipinski definition) is 5. The summed E-state index contributed by atoms with van der Waals surface area (Å²) in [5, 5.41) is 14.4. The predicted octanol–water partition coefficient (Wildman–Crippen LogP) is 3.85. The van der Waals surface area contributed by atoms with E-state index in [9.17, 15) is 14.4 Å². The topological polar surface area (TPSA) is 108 Å². The number of unbranched alkanes of at least 4 members (excludes halogenated alkanes) is 1. The smallest absolute Gasteiger partial charge is 0.308 e. The first kappa shape index (κ1) is 27.6. The zero-order valence-corrected chi connectivity index (χ0v) is 20.8. The molecule has 2 N–H and O–H groups in total. The molecular formula is C28H35N3O4. The van der Waals surface area contributed by atoms with Crippen LogP contribution in [0.1, 0.15) is 63.1 Å². The highest BCUT2D eigenvalue weighted by Gasteiger charge is 2.26. The number of rotatable bonds is 12. The van der Waals surface area contributed by atoms with Gasteiger partial charge in [0.25, 0.3) is 0 Å². The van der Waals surface area contributed by atoms with Crippen LogP contribution in [0.2, 0.25) is 0 Å². The quantitative estimate of drug-likeness (QED) is 0.357. The van der Waals surface area contributed by atoms with Crippen LogP contribution in [0.25, 0.3) is 0 Å². The van der Waals surface area contributed by atoms with Gasteiger partial charge in [-0.05, 0) is 69.7 Å². The Balaban J connectivity index is 1.84. The molecule has 0 fully saturated rings. The van der Waals surface area contributed by atoms with Gasteiger partial charge in [0.1, 0.15) is 11.6 Å². The fourth-order valence-corrected chi connectivity index (χ4v) is 3.46. The van der Waals surface area contributed by atoms with Crippen molar-refractivity contribution in [1.82, 2.24) is 10.6 Å². The second-order valence-electron chi connectivity index (χ2n) is 9.45.